The fourth-order valence-corrected chi connectivity index (χ4v) is 6.48. The number of thiocarbonyl (C=S) groups is 1. The Labute approximate surface area is 247 Å². The number of hydrogen-bond donors (Lipinski definition) is 1. The lowest BCUT2D eigenvalue weighted by Crippen LogP contribution is -2.29. The number of aryl methyl sites for hydroxylation is 1. The van der Waals surface area contributed by atoms with Crippen LogP contribution in [0.3, 0.4) is 0 Å². The minimum absolute atomic E-state index is 0.0793. The topological polar surface area (TPSA) is 89.1 Å². The van der Waals surface area contributed by atoms with Gasteiger partial charge in [-0.05, 0) is 98.4 Å². The number of aromatic nitrogens is 3. The summed E-state index contributed by atoms with van der Waals surface area (Å²) < 4.78 is 2.17. The second kappa shape index (κ2) is 11.1. The van der Waals surface area contributed by atoms with Crippen LogP contribution in [0.1, 0.15) is 34.7 Å². The van der Waals surface area contributed by atoms with Gasteiger partial charge in [0.2, 0.25) is 0 Å². The molecule has 0 saturated carbocycles. The molecule has 204 valence electrons. The minimum atomic E-state index is -0.390. The first-order valence-electron chi connectivity index (χ1n) is 13.0. The molecule has 41 heavy (non-hydrogen) atoms. The summed E-state index contributed by atoms with van der Waals surface area (Å²) in [6.07, 6.45) is 3.61. The summed E-state index contributed by atoms with van der Waals surface area (Å²) in [6.45, 7) is 4.21. The van der Waals surface area contributed by atoms with E-state index < -0.39 is 4.92 Å². The van der Waals surface area contributed by atoms with Crippen molar-refractivity contribution in [2.45, 2.75) is 35.7 Å². The summed E-state index contributed by atoms with van der Waals surface area (Å²) in [5.74, 6) is 0.871. The van der Waals surface area contributed by atoms with Gasteiger partial charge >= 0.3 is 0 Å². The van der Waals surface area contributed by atoms with Crippen LogP contribution in [0.15, 0.2) is 113 Å². The molecule has 3 aromatic heterocycles. The van der Waals surface area contributed by atoms with Crippen LogP contribution in [-0.4, -0.2) is 24.6 Å². The predicted octanol–water partition coefficient (Wildman–Crippen LogP) is 7.12. The molecule has 1 aliphatic heterocycles. The van der Waals surface area contributed by atoms with Gasteiger partial charge in [-0.15, -0.1) is 0 Å². The first kappa shape index (κ1) is 26.7. The summed E-state index contributed by atoms with van der Waals surface area (Å²) in [5, 5.41) is 15.2. The zero-order valence-corrected chi connectivity index (χ0v) is 24.0. The van der Waals surface area contributed by atoms with Crippen molar-refractivity contribution in [3.05, 3.63) is 136 Å². The van der Waals surface area contributed by atoms with Crippen LogP contribution in [0, 0.1) is 24.0 Å². The summed E-state index contributed by atoms with van der Waals surface area (Å²) in [4.78, 5) is 24.0. The zero-order valence-electron chi connectivity index (χ0n) is 22.3. The van der Waals surface area contributed by atoms with E-state index in [1.165, 1.54) is 12.1 Å². The smallest absolute Gasteiger partial charge is 0.269 e. The molecule has 2 atom stereocenters. The van der Waals surface area contributed by atoms with Crippen molar-refractivity contribution in [1.82, 2.24) is 19.9 Å². The van der Waals surface area contributed by atoms with E-state index in [0.717, 1.165) is 43.9 Å². The maximum absolute atomic E-state index is 11.0. The highest BCUT2D eigenvalue weighted by Gasteiger charge is 2.42. The number of non-ortho nitro benzene ring substituents is 1. The molecule has 8 nitrogen and oxygen atoms in total. The molecule has 0 spiro atoms. The van der Waals surface area contributed by atoms with Gasteiger partial charge in [0.15, 0.2) is 5.11 Å². The average molecular weight is 579 g/mol. The third kappa shape index (κ3) is 5.19. The quantitative estimate of drug-likeness (QED) is 0.124. The van der Waals surface area contributed by atoms with E-state index in [2.05, 4.69) is 56.8 Å². The first-order chi connectivity index (χ1) is 19.9. The maximum atomic E-state index is 11.0. The molecule has 5 aromatic rings. The molecule has 1 saturated heterocycles. The third-order valence-corrected chi connectivity index (χ3v) is 8.49. The van der Waals surface area contributed by atoms with E-state index in [9.17, 15) is 10.1 Å². The van der Waals surface area contributed by atoms with E-state index in [-0.39, 0.29) is 17.8 Å². The zero-order chi connectivity index (χ0) is 28.5. The van der Waals surface area contributed by atoms with E-state index in [1.807, 2.05) is 48.5 Å². The molecular formula is C31H26N6O2S2. The minimum Gasteiger partial charge on any atom is -0.351 e. The van der Waals surface area contributed by atoms with Crippen LogP contribution >= 0.6 is 24.0 Å². The van der Waals surface area contributed by atoms with E-state index in [0.29, 0.717) is 5.11 Å². The number of nitrogens with zero attached hydrogens (tertiary/aromatic N) is 5. The highest BCUT2D eigenvalue weighted by molar-refractivity contribution is 7.99. The monoisotopic (exact) mass is 578 g/mol. The molecule has 4 heterocycles. The molecule has 6 rings (SSSR count). The summed E-state index contributed by atoms with van der Waals surface area (Å²) in [7, 11) is 0. The average Bonchev–Trinajstić information content (AvgIpc) is 3.49. The second-order valence-electron chi connectivity index (χ2n) is 9.69. The van der Waals surface area contributed by atoms with E-state index in [4.69, 9.17) is 12.2 Å². The van der Waals surface area contributed by atoms with E-state index in [1.54, 1.807) is 36.3 Å². The molecule has 1 N–H and O–H groups in total. The fraction of sp³-hybridized carbons (Fsp3) is 0.129. The number of benzene rings is 2. The van der Waals surface area contributed by atoms with Crippen molar-refractivity contribution in [1.29, 1.82) is 0 Å². The number of anilines is 1. The SMILES string of the molecule is Cc1cc([C@H]2[C@@H](c3ccccn3)NC(=S)N2c2ccc(Sc3ccc([N+](=O)[O-])cc3)cc2)c(C)n1-c1ccccn1. The standard InChI is InChI=1S/C31H26N6O2S2/c1-20-19-26(21(2)35(20)28-8-4-6-18-33-28)30-29(27-7-3-5-17-32-27)34-31(40)36(30)22-9-13-24(14-10-22)41-25-15-11-23(12-16-25)37(38)39/h3-19,29-30H,1-2H3,(H,34,40)/t29-,30+/m1/s1. The second-order valence-corrected chi connectivity index (χ2v) is 11.2. The van der Waals surface area contributed by atoms with Gasteiger partial charge in [0.25, 0.3) is 5.69 Å². The van der Waals surface area contributed by atoms with Crippen molar-refractivity contribution in [2.24, 2.45) is 0 Å². The Bertz CT molecular complexity index is 1710. The normalized spacial score (nSPS) is 16.5. The Kier molecular flexibility index (Phi) is 7.25. The van der Waals surface area contributed by atoms with Crippen molar-refractivity contribution in [3.63, 3.8) is 0 Å². The molecule has 0 bridgehead atoms. The van der Waals surface area contributed by atoms with Crippen LogP contribution in [0.2, 0.25) is 0 Å². The Morgan fingerprint density at radius 3 is 2.17 bits per heavy atom. The highest BCUT2D eigenvalue weighted by atomic mass is 32.2. The number of nitro groups is 1. The van der Waals surface area contributed by atoms with Gasteiger partial charge in [0, 0.05) is 51.4 Å². The largest absolute Gasteiger partial charge is 0.351 e. The number of nitro benzene ring substituents is 1. The molecule has 1 aliphatic rings. The van der Waals surface area contributed by atoms with Gasteiger partial charge in [-0.25, -0.2) is 4.98 Å². The van der Waals surface area contributed by atoms with Gasteiger partial charge in [-0.2, -0.15) is 0 Å². The molecular weight excluding hydrogens is 553 g/mol. The van der Waals surface area contributed by atoms with Crippen molar-refractivity contribution < 1.29 is 4.92 Å². The van der Waals surface area contributed by atoms with Crippen molar-refractivity contribution in [2.75, 3.05) is 4.90 Å². The van der Waals surface area contributed by atoms with Crippen LogP contribution in [-0.2, 0) is 0 Å². The Balaban J connectivity index is 1.37. The lowest BCUT2D eigenvalue weighted by Gasteiger charge is -2.28. The van der Waals surface area contributed by atoms with Crippen LogP contribution in [0.25, 0.3) is 5.82 Å². The summed E-state index contributed by atoms with van der Waals surface area (Å²) in [5.41, 5.74) is 5.27. The highest BCUT2D eigenvalue weighted by Crippen LogP contribution is 2.44. The molecule has 0 radical (unpaired) electrons. The lowest BCUT2D eigenvalue weighted by atomic mass is 9.96. The maximum Gasteiger partial charge on any atom is 0.269 e. The predicted molar refractivity (Wildman–Crippen MR) is 165 cm³/mol. The molecule has 0 aliphatic carbocycles. The number of rotatable bonds is 7. The number of pyridine rings is 2. The Hall–Kier alpha value is -4.54. The van der Waals surface area contributed by atoms with Gasteiger partial charge in [-0.1, -0.05) is 23.9 Å². The van der Waals surface area contributed by atoms with Crippen molar-refractivity contribution >= 4 is 40.5 Å². The molecule has 0 unspecified atom stereocenters. The number of hydrogen-bond acceptors (Lipinski definition) is 6. The number of nitrogens with one attached hydrogen (secondary N) is 1. The van der Waals surface area contributed by atoms with Crippen LogP contribution in [0.4, 0.5) is 11.4 Å². The molecule has 10 heteroatoms. The van der Waals surface area contributed by atoms with Crippen LogP contribution < -0.4 is 10.2 Å². The third-order valence-electron chi connectivity index (χ3n) is 7.16. The first-order valence-corrected chi connectivity index (χ1v) is 14.3. The Morgan fingerprint density at radius 1 is 0.902 bits per heavy atom. The lowest BCUT2D eigenvalue weighted by molar-refractivity contribution is -0.384. The molecule has 1 fully saturated rings. The van der Waals surface area contributed by atoms with Gasteiger partial charge in [0.1, 0.15) is 5.82 Å². The fourth-order valence-electron chi connectivity index (χ4n) is 5.32. The summed E-state index contributed by atoms with van der Waals surface area (Å²) in [6, 6.07) is 28.6. The van der Waals surface area contributed by atoms with Gasteiger partial charge in [0.05, 0.1) is 22.7 Å². The van der Waals surface area contributed by atoms with Gasteiger partial charge < -0.3 is 14.8 Å². The molecule has 2 aromatic carbocycles. The van der Waals surface area contributed by atoms with Crippen molar-refractivity contribution in [3.8, 4) is 5.82 Å². The van der Waals surface area contributed by atoms with Gasteiger partial charge in [-0.3, -0.25) is 15.1 Å². The van der Waals surface area contributed by atoms with E-state index >= 15 is 0 Å². The Morgan fingerprint density at radius 2 is 1.56 bits per heavy atom. The summed E-state index contributed by atoms with van der Waals surface area (Å²) >= 11 is 7.48. The van der Waals surface area contributed by atoms with Crippen LogP contribution in [0.5, 0.6) is 0 Å². The molecule has 0 amide bonds.